The second-order valence-corrected chi connectivity index (χ2v) is 10.4. The number of aliphatic carboxylic acids is 1. The number of rotatable bonds is 14. The zero-order chi connectivity index (χ0) is 28.2. The summed E-state index contributed by atoms with van der Waals surface area (Å²) in [7, 11) is 1.79. The van der Waals surface area contributed by atoms with Gasteiger partial charge in [-0.3, -0.25) is 14.6 Å². The molecule has 2 heterocycles. The average molecular weight is 546 g/mol. The summed E-state index contributed by atoms with van der Waals surface area (Å²) < 4.78 is 11.1. The first kappa shape index (κ1) is 29.2. The van der Waals surface area contributed by atoms with Gasteiger partial charge in [0, 0.05) is 43.6 Å². The number of ether oxygens (including phenoxy) is 1. The van der Waals surface area contributed by atoms with Gasteiger partial charge in [-0.05, 0) is 93.0 Å². The van der Waals surface area contributed by atoms with Crippen LogP contribution in [0.3, 0.4) is 0 Å². The first-order valence-electron chi connectivity index (χ1n) is 14.2. The summed E-state index contributed by atoms with van der Waals surface area (Å²) in [6, 6.07) is 11.7. The van der Waals surface area contributed by atoms with Gasteiger partial charge in [0.05, 0.1) is 6.10 Å². The number of carboxylic acid groups (broad SMARTS) is 1. The summed E-state index contributed by atoms with van der Waals surface area (Å²) in [5.41, 5.74) is 4.09. The molecule has 1 saturated carbocycles. The molecule has 1 aromatic carbocycles. The first-order valence-corrected chi connectivity index (χ1v) is 14.2. The van der Waals surface area contributed by atoms with Crippen LogP contribution in [0.25, 0.3) is 17.0 Å². The van der Waals surface area contributed by atoms with Gasteiger partial charge in [-0.1, -0.05) is 24.3 Å². The summed E-state index contributed by atoms with van der Waals surface area (Å²) in [6.45, 7) is 0.625. The normalized spacial score (nSPS) is 17.5. The molecule has 8 heteroatoms. The molecule has 1 fully saturated rings. The monoisotopic (exact) mass is 545 g/mol. The quantitative estimate of drug-likeness (QED) is 0.221. The largest absolute Gasteiger partial charge is 0.481 e. The number of carbonyl (C=O) groups excluding carboxylic acids is 1. The molecule has 2 N–H and O–H groups in total. The molecule has 0 atom stereocenters. The number of methoxy groups -OCH3 is 1. The molecule has 40 heavy (non-hydrogen) atoms. The van der Waals surface area contributed by atoms with Gasteiger partial charge in [0.2, 0.25) is 5.89 Å². The van der Waals surface area contributed by atoms with Crippen molar-refractivity contribution in [3.63, 3.8) is 0 Å². The smallest absolute Gasteiger partial charge is 0.303 e. The van der Waals surface area contributed by atoms with Crippen molar-refractivity contribution in [3.05, 3.63) is 78.0 Å². The molecule has 1 amide bonds. The van der Waals surface area contributed by atoms with Crippen LogP contribution >= 0.6 is 0 Å². The number of hydrogen-bond donors (Lipinski definition) is 2. The zero-order valence-corrected chi connectivity index (χ0v) is 23.2. The molecule has 0 unspecified atom stereocenters. The van der Waals surface area contributed by atoms with Crippen molar-refractivity contribution in [2.45, 2.75) is 70.3 Å². The molecular formula is C32H39N3O5. The van der Waals surface area contributed by atoms with Crippen molar-refractivity contribution in [1.82, 2.24) is 15.3 Å². The van der Waals surface area contributed by atoms with E-state index in [9.17, 15) is 9.59 Å². The minimum Gasteiger partial charge on any atom is -0.481 e. The highest BCUT2D eigenvalue weighted by Crippen LogP contribution is 2.29. The van der Waals surface area contributed by atoms with Gasteiger partial charge in [0.1, 0.15) is 6.26 Å². The van der Waals surface area contributed by atoms with Crippen LogP contribution < -0.4 is 5.32 Å². The van der Waals surface area contributed by atoms with E-state index >= 15 is 0 Å². The number of allylic oxidation sites excluding steroid dienone is 1. The Hall–Kier alpha value is -3.78. The molecule has 8 nitrogen and oxygen atoms in total. The van der Waals surface area contributed by atoms with Crippen molar-refractivity contribution >= 4 is 17.4 Å². The molecule has 2 aromatic heterocycles. The van der Waals surface area contributed by atoms with Gasteiger partial charge in [-0.2, -0.15) is 0 Å². The lowest BCUT2D eigenvalue weighted by atomic mass is 9.84. The Morgan fingerprint density at radius 2 is 1.88 bits per heavy atom. The van der Waals surface area contributed by atoms with Crippen molar-refractivity contribution < 1.29 is 23.8 Å². The molecule has 0 aliphatic heterocycles. The fraction of sp³-hybridized carbons (Fsp3) is 0.438. The molecule has 0 radical (unpaired) electrons. The predicted molar refractivity (Wildman–Crippen MR) is 154 cm³/mol. The summed E-state index contributed by atoms with van der Waals surface area (Å²) in [6.07, 6.45) is 16.6. The van der Waals surface area contributed by atoms with Crippen LogP contribution in [0.1, 0.15) is 85.8 Å². The molecule has 1 aliphatic rings. The van der Waals surface area contributed by atoms with E-state index in [1.165, 1.54) is 19.1 Å². The summed E-state index contributed by atoms with van der Waals surface area (Å²) in [4.78, 5) is 32.1. The Labute approximate surface area is 235 Å². The van der Waals surface area contributed by atoms with Crippen LogP contribution in [-0.4, -0.2) is 46.7 Å². The number of carboxylic acids is 1. The van der Waals surface area contributed by atoms with Crippen molar-refractivity contribution in [1.29, 1.82) is 0 Å². The minimum atomic E-state index is -0.768. The third-order valence-electron chi connectivity index (χ3n) is 7.55. The molecule has 0 saturated heterocycles. The van der Waals surface area contributed by atoms with E-state index in [1.807, 2.05) is 42.6 Å². The Bertz CT molecular complexity index is 1250. The van der Waals surface area contributed by atoms with Crippen LogP contribution in [-0.2, 0) is 9.53 Å². The second kappa shape index (κ2) is 15.1. The first-order chi connectivity index (χ1) is 19.5. The van der Waals surface area contributed by atoms with Gasteiger partial charge < -0.3 is 19.6 Å². The molecular weight excluding hydrogens is 506 g/mol. The summed E-state index contributed by atoms with van der Waals surface area (Å²) in [5.74, 6) is 0.122. The second-order valence-electron chi connectivity index (χ2n) is 10.4. The molecule has 0 bridgehead atoms. The highest BCUT2D eigenvalue weighted by Gasteiger charge is 2.20. The number of aromatic nitrogens is 2. The summed E-state index contributed by atoms with van der Waals surface area (Å²) in [5, 5.41) is 11.8. The van der Waals surface area contributed by atoms with Gasteiger partial charge in [-0.25, -0.2) is 4.98 Å². The SMILES string of the molecule is COC1CCC(CCCNC(=O)c2coc(-c3ccc(/C(=C\CCCCC(=O)O)c4cccnc4)cc3)n2)CC1. The third-order valence-corrected chi connectivity index (χ3v) is 7.55. The number of carbonyl (C=O) groups is 2. The number of pyridine rings is 1. The van der Waals surface area contributed by atoms with Crippen molar-refractivity contribution in [3.8, 4) is 11.5 Å². The molecule has 0 spiro atoms. The Balaban J connectivity index is 1.31. The Morgan fingerprint density at radius 3 is 2.58 bits per heavy atom. The number of amides is 1. The number of nitrogens with one attached hydrogen (secondary N) is 1. The Kier molecular flexibility index (Phi) is 11.0. The van der Waals surface area contributed by atoms with Crippen LogP contribution in [0.2, 0.25) is 0 Å². The fourth-order valence-electron chi connectivity index (χ4n) is 5.23. The minimum absolute atomic E-state index is 0.178. The van der Waals surface area contributed by atoms with Gasteiger partial charge >= 0.3 is 5.97 Å². The molecule has 3 aromatic rings. The molecule has 1 aliphatic carbocycles. The Morgan fingerprint density at radius 1 is 1.07 bits per heavy atom. The van der Waals surface area contributed by atoms with E-state index in [2.05, 4.69) is 21.4 Å². The van der Waals surface area contributed by atoms with E-state index in [4.69, 9.17) is 14.3 Å². The number of unbranched alkanes of at least 4 members (excludes halogenated alkanes) is 2. The average Bonchev–Trinajstić information content (AvgIpc) is 3.48. The van der Waals surface area contributed by atoms with Crippen LogP contribution in [0.4, 0.5) is 0 Å². The van der Waals surface area contributed by atoms with Crippen molar-refractivity contribution in [2.75, 3.05) is 13.7 Å². The highest BCUT2D eigenvalue weighted by atomic mass is 16.5. The zero-order valence-electron chi connectivity index (χ0n) is 23.2. The van der Waals surface area contributed by atoms with E-state index in [-0.39, 0.29) is 18.0 Å². The lowest BCUT2D eigenvalue weighted by molar-refractivity contribution is -0.137. The third kappa shape index (κ3) is 8.61. The molecule has 212 valence electrons. The van der Waals surface area contributed by atoms with E-state index in [0.29, 0.717) is 25.0 Å². The summed E-state index contributed by atoms with van der Waals surface area (Å²) >= 11 is 0. The lowest BCUT2D eigenvalue weighted by Crippen LogP contribution is -2.26. The van der Waals surface area contributed by atoms with Crippen LogP contribution in [0.5, 0.6) is 0 Å². The maximum Gasteiger partial charge on any atom is 0.303 e. The number of benzene rings is 1. The maximum atomic E-state index is 12.6. The van der Waals surface area contributed by atoms with Gasteiger partial charge in [0.15, 0.2) is 5.69 Å². The van der Waals surface area contributed by atoms with Crippen LogP contribution in [0.15, 0.2) is 65.5 Å². The van der Waals surface area contributed by atoms with Crippen molar-refractivity contribution in [2.24, 2.45) is 5.92 Å². The number of hydrogen-bond acceptors (Lipinski definition) is 6. The lowest BCUT2D eigenvalue weighted by Gasteiger charge is -2.27. The van der Waals surface area contributed by atoms with E-state index < -0.39 is 5.97 Å². The van der Waals surface area contributed by atoms with E-state index in [1.54, 1.807) is 13.3 Å². The topological polar surface area (TPSA) is 115 Å². The number of nitrogens with zero attached hydrogens (tertiary/aromatic N) is 2. The maximum absolute atomic E-state index is 12.6. The van der Waals surface area contributed by atoms with E-state index in [0.717, 1.165) is 66.7 Å². The standard InChI is InChI=1S/C32H39N3O5/c1-39-27-17-11-23(12-18-27)7-5-20-34-31(38)29-22-40-32(35-29)25-15-13-24(14-16-25)28(26-8-6-19-33-21-26)9-3-2-4-10-30(36)37/h6,8-9,13-16,19,21-23,27H,2-5,7,10-12,17-18,20H2,1H3,(H,34,38)(H,36,37)/b28-9+. The van der Waals surface area contributed by atoms with Gasteiger partial charge in [-0.15, -0.1) is 0 Å². The molecule has 4 rings (SSSR count). The van der Waals surface area contributed by atoms with Crippen LogP contribution in [0, 0.1) is 5.92 Å². The van der Waals surface area contributed by atoms with Gasteiger partial charge in [0.25, 0.3) is 5.91 Å². The fourth-order valence-corrected chi connectivity index (χ4v) is 5.23. The number of oxazole rings is 1. The highest BCUT2D eigenvalue weighted by molar-refractivity contribution is 5.92. The predicted octanol–water partition coefficient (Wildman–Crippen LogP) is 6.53.